The molecule has 0 bridgehead atoms. The number of nitrogens with two attached hydrogens (primary N) is 1. The lowest BCUT2D eigenvalue weighted by atomic mass is 10.0. The van der Waals surface area contributed by atoms with Gasteiger partial charge in [0.05, 0.1) is 6.61 Å². The van der Waals surface area contributed by atoms with E-state index in [0.29, 0.717) is 13.0 Å². The van der Waals surface area contributed by atoms with Crippen LogP contribution in [0.25, 0.3) is 10.8 Å². The third-order valence-corrected chi connectivity index (χ3v) is 2.86. The van der Waals surface area contributed by atoms with E-state index < -0.39 is 6.04 Å². The van der Waals surface area contributed by atoms with Gasteiger partial charge in [-0.15, -0.1) is 0 Å². The Morgan fingerprint density at radius 2 is 1.94 bits per heavy atom. The molecule has 0 aliphatic carbocycles. The number of fused-ring (bicyclic) bond motifs is 1. The number of carbonyl (C=O) groups excluding carboxylic acids is 1. The van der Waals surface area contributed by atoms with Crippen molar-refractivity contribution in [2.75, 3.05) is 6.61 Å². The summed E-state index contributed by atoms with van der Waals surface area (Å²) in [7, 11) is 0. The maximum Gasteiger partial charge on any atom is 0.323 e. The van der Waals surface area contributed by atoms with Crippen molar-refractivity contribution >= 4 is 16.7 Å². The molecule has 2 aromatic carbocycles. The number of benzene rings is 2. The highest BCUT2D eigenvalue weighted by molar-refractivity contribution is 5.83. The smallest absolute Gasteiger partial charge is 0.323 e. The third kappa shape index (κ3) is 2.87. The molecule has 0 aromatic heterocycles. The van der Waals surface area contributed by atoms with Gasteiger partial charge in [-0.05, 0) is 29.7 Å². The molecule has 0 amide bonds. The monoisotopic (exact) mass is 243 g/mol. The number of hydrogen-bond acceptors (Lipinski definition) is 3. The Hall–Kier alpha value is -1.87. The van der Waals surface area contributed by atoms with E-state index in [-0.39, 0.29) is 5.97 Å². The van der Waals surface area contributed by atoms with Crippen molar-refractivity contribution in [3.63, 3.8) is 0 Å². The van der Waals surface area contributed by atoms with Gasteiger partial charge in [-0.25, -0.2) is 0 Å². The first-order valence-electron chi connectivity index (χ1n) is 6.10. The number of hydrogen-bond donors (Lipinski definition) is 1. The Kier molecular flexibility index (Phi) is 3.95. The van der Waals surface area contributed by atoms with Crippen molar-refractivity contribution in [3.05, 3.63) is 48.0 Å². The van der Waals surface area contributed by atoms with Crippen LogP contribution in [0.4, 0.5) is 0 Å². The summed E-state index contributed by atoms with van der Waals surface area (Å²) in [5.74, 6) is -0.342. The van der Waals surface area contributed by atoms with Crippen molar-refractivity contribution in [1.82, 2.24) is 0 Å². The molecular weight excluding hydrogens is 226 g/mol. The van der Waals surface area contributed by atoms with E-state index in [1.54, 1.807) is 6.92 Å². The van der Waals surface area contributed by atoms with Crippen LogP contribution in [0.2, 0.25) is 0 Å². The maximum absolute atomic E-state index is 11.5. The second-order valence-electron chi connectivity index (χ2n) is 4.24. The summed E-state index contributed by atoms with van der Waals surface area (Å²) in [6.07, 6.45) is 0.504. The van der Waals surface area contributed by atoms with E-state index in [1.807, 2.05) is 24.3 Å². The summed E-state index contributed by atoms with van der Waals surface area (Å²) < 4.78 is 4.90. The van der Waals surface area contributed by atoms with Gasteiger partial charge in [0.2, 0.25) is 0 Å². The van der Waals surface area contributed by atoms with Gasteiger partial charge in [-0.2, -0.15) is 0 Å². The molecule has 0 saturated heterocycles. The number of ether oxygens (including phenoxy) is 1. The zero-order valence-corrected chi connectivity index (χ0v) is 10.4. The van der Waals surface area contributed by atoms with Crippen LogP contribution in [0.15, 0.2) is 42.5 Å². The van der Waals surface area contributed by atoms with E-state index in [2.05, 4.69) is 18.2 Å². The lowest BCUT2D eigenvalue weighted by Crippen LogP contribution is -2.34. The first-order chi connectivity index (χ1) is 8.70. The molecule has 3 nitrogen and oxygen atoms in total. The molecule has 1 atom stereocenters. The average molecular weight is 243 g/mol. The number of carbonyl (C=O) groups is 1. The summed E-state index contributed by atoms with van der Waals surface area (Å²) >= 11 is 0. The molecule has 0 aliphatic rings. The molecule has 0 radical (unpaired) electrons. The minimum absolute atomic E-state index is 0.342. The zero-order chi connectivity index (χ0) is 13.0. The van der Waals surface area contributed by atoms with E-state index >= 15 is 0 Å². The molecule has 3 heteroatoms. The van der Waals surface area contributed by atoms with Crippen molar-refractivity contribution < 1.29 is 9.53 Å². The van der Waals surface area contributed by atoms with E-state index in [0.717, 1.165) is 10.9 Å². The van der Waals surface area contributed by atoms with Gasteiger partial charge in [0.1, 0.15) is 6.04 Å². The van der Waals surface area contributed by atoms with E-state index in [4.69, 9.17) is 10.5 Å². The van der Waals surface area contributed by atoms with Crippen LogP contribution in [0.3, 0.4) is 0 Å². The Morgan fingerprint density at radius 3 is 2.67 bits per heavy atom. The normalized spacial score (nSPS) is 12.3. The van der Waals surface area contributed by atoms with Crippen LogP contribution >= 0.6 is 0 Å². The second-order valence-corrected chi connectivity index (χ2v) is 4.24. The summed E-state index contributed by atoms with van der Waals surface area (Å²) in [6.45, 7) is 2.14. The molecular formula is C15H17NO2. The van der Waals surface area contributed by atoms with Crippen LogP contribution < -0.4 is 5.73 Å². The predicted molar refractivity (Wildman–Crippen MR) is 72.3 cm³/mol. The van der Waals surface area contributed by atoms with Crippen LogP contribution in [0.5, 0.6) is 0 Å². The van der Waals surface area contributed by atoms with Crippen molar-refractivity contribution in [3.8, 4) is 0 Å². The predicted octanol–water partition coefficient (Wildman–Crippen LogP) is 2.27. The van der Waals surface area contributed by atoms with Crippen LogP contribution in [0.1, 0.15) is 12.5 Å². The maximum atomic E-state index is 11.5. The Bertz CT molecular complexity index is 551. The lowest BCUT2D eigenvalue weighted by Gasteiger charge is -2.11. The number of esters is 1. The minimum atomic E-state index is -0.592. The highest BCUT2D eigenvalue weighted by Crippen LogP contribution is 2.16. The van der Waals surface area contributed by atoms with Gasteiger partial charge in [0.15, 0.2) is 0 Å². The molecule has 0 fully saturated rings. The van der Waals surface area contributed by atoms with Gasteiger partial charge in [-0.1, -0.05) is 42.5 Å². The minimum Gasteiger partial charge on any atom is -0.465 e. The summed E-state index contributed by atoms with van der Waals surface area (Å²) in [5, 5.41) is 2.34. The van der Waals surface area contributed by atoms with Gasteiger partial charge in [-0.3, -0.25) is 4.79 Å². The topological polar surface area (TPSA) is 52.3 Å². The second kappa shape index (κ2) is 5.65. The molecule has 0 saturated carbocycles. The van der Waals surface area contributed by atoms with Crippen LogP contribution in [0, 0.1) is 0 Å². The zero-order valence-electron chi connectivity index (χ0n) is 10.4. The quantitative estimate of drug-likeness (QED) is 0.838. The van der Waals surface area contributed by atoms with E-state index in [1.165, 1.54) is 5.39 Å². The van der Waals surface area contributed by atoms with Gasteiger partial charge >= 0.3 is 5.97 Å². The Morgan fingerprint density at radius 1 is 1.22 bits per heavy atom. The third-order valence-electron chi connectivity index (χ3n) is 2.86. The van der Waals surface area contributed by atoms with Crippen LogP contribution in [-0.4, -0.2) is 18.6 Å². The van der Waals surface area contributed by atoms with Crippen molar-refractivity contribution in [2.45, 2.75) is 19.4 Å². The fraction of sp³-hybridized carbons (Fsp3) is 0.267. The molecule has 2 rings (SSSR count). The SMILES string of the molecule is CCOC(=O)[C@H](N)Cc1ccc2ccccc2c1. The fourth-order valence-corrected chi connectivity index (χ4v) is 1.95. The van der Waals surface area contributed by atoms with Crippen molar-refractivity contribution in [1.29, 1.82) is 0 Å². The standard InChI is InChI=1S/C15H17NO2/c1-2-18-15(17)14(16)10-11-7-8-12-5-3-4-6-13(12)9-11/h3-9,14H,2,10,16H2,1H3/t14-/m1/s1. The highest BCUT2D eigenvalue weighted by Gasteiger charge is 2.14. The molecule has 0 unspecified atom stereocenters. The van der Waals surface area contributed by atoms with Crippen molar-refractivity contribution in [2.24, 2.45) is 5.73 Å². The Balaban J connectivity index is 2.14. The fourth-order valence-electron chi connectivity index (χ4n) is 1.95. The largest absolute Gasteiger partial charge is 0.465 e. The average Bonchev–Trinajstić information content (AvgIpc) is 2.39. The lowest BCUT2D eigenvalue weighted by molar-refractivity contribution is -0.144. The molecule has 18 heavy (non-hydrogen) atoms. The van der Waals surface area contributed by atoms with Gasteiger partial charge in [0.25, 0.3) is 0 Å². The van der Waals surface area contributed by atoms with Gasteiger partial charge in [0, 0.05) is 0 Å². The van der Waals surface area contributed by atoms with Gasteiger partial charge < -0.3 is 10.5 Å². The molecule has 2 N–H and O–H groups in total. The molecule has 94 valence electrons. The first kappa shape index (κ1) is 12.6. The summed E-state index contributed by atoms with van der Waals surface area (Å²) in [5.41, 5.74) is 6.86. The Labute approximate surface area is 107 Å². The molecule has 0 heterocycles. The molecule has 0 spiro atoms. The molecule has 2 aromatic rings. The number of rotatable bonds is 4. The van der Waals surface area contributed by atoms with Crippen LogP contribution in [-0.2, 0) is 16.0 Å². The first-order valence-corrected chi connectivity index (χ1v) is 6.10. The summed E-state index contributed by atoms with van der Waals surface area (Å²) in [4.78, 5) is 11.5. The summed E-state index contributed by atoms with van der Waals surface area (Å²) in [6, 6.07) is 13.6. The van der Waals surface area contributed by atoms with E-state index in [9.17, 15) is 4.79 Å². The highest BCUT2D eigenvalue weighted by atomic mass is 16.5. The molecule has 0 aliphatic heterocycles.